The maximum absolute atomic E-state index is 13.5. The minimum absolute atomic E-state index is 0.0781. The second-order valence-electron chi connectivity index (χ2n) is 7.50. The third-order valence-electron chi connectivity index (χ3n) is 5.64. The lowest BCUT2D eigenvalue weighted by molar-refractivity contribution is -0.136. The van der Waals surface area contributed by atoms with Crippen LogP contribution in [0.3, 0.4) is 0 Å². The first-order valence-corrected chi connectivity index (χ1v) is 11.2. The zero-order valence-electron chi connectivity index (χ0n) is 18.5. The zero-order chi connectivity index (χ0) is 23.7. The number of carbonyl (C=O) groups excluding carboxylic acids is 2. The molecule has 1 heterocycles. The molecule has 0 unspecified atom stereocenters. The lowest BCUT2D eigenvalue weighted by Crippen LogP contribution is -2.29. The molecular formula is C26H22BrNO5. The molecule has 7 heteroatoms. The van der Waals surface area contributed by atoms with Gasteiger partial charge in [0.2, 0.25) is 0 Å². The van der Waals surface area contributed by atoms with Crippen molar-refractivity contribution in [1.29, 1.82) is 0 Å². The van der Waals surface area contributed by atoms with Crippen molar-refractivity contribution in [3.8, 4) is 23.8 Å². The van der Waals surface area contributed by atoms with Gasteiger partial charge in [-0.25, -0.2) is 4.79 Å². The second-order valence-corrected chi connectivity index (χ2v) is 8.35. The largest absolute Gasteiger partial charge is 0.490 e. The van der Waals surface area contributed by atoms with Crippen molar-refractivity contribution in [1.82, 2.24) is 5.32 Å². The summed E-state index contributed by atoms with van der Waals surface area (Å²) in [7, 11) is 1.33. The van der Waals surface area contributed by atoms with Crippen LogP contribution >= 0.6 is 15.9 Å². The standard InChI is InChI=1S/C26H22BrNO5/c1-5-11-33-20-13-18(27)17(12-19(20)32-6-2)22-21(26(30)31-4)14(3)28-24-15-9-7-8-10-16(15)25(29)23(22)24/h1,7-10,12-13,22,28H,6,11H2,2-4H3/t22-/m1/s1. The van der Waals surface area contributed by atoms with Crippen LogP contribution < -0.4 is 14.8 Å². The summed E-state index contributed by atoms with van der Waals surface area (Å²) in [5.41, 5.74) is 4.24. The van der Waals surface area contributed by atoms with Crippen LogP contribution in [-0.2, 0) is 9.53 Å². The number of benzene rings is 2. The highest BCUT2D eigenvalue weighted by molar-refractivity contribution is 9.10. The van der Waals surface area contributed by atoms with Gasteiger partial charge in [-0.1, -0.05) is 46.1 Å². The Labute approximate surface area is 200 Å². The molecule has 1 atom stereocenters. The van der Waals surface area contributed by atoms with Gasteiger partial charge in [0.25, 0.3) is 0 Å². The van der Waals surface area contributed by atoms with Crippen molar-refractivity contribution in [3.63, 3.8) is 0 Å². The van der Waals surface area contributed by atoms with Crippen LogP contribution in [0.2, 0.25) is 0 Å². The molecule has 0 fully saturated rings. The molecule has 0 spiro atoms. The van der Waals surface area contributed by atoms with Gasteiger partial charge in [0.1, 0.15) is 6.61 Å². The van der Waals surface area contributed by atoms with Gasteiger partial charge in [0.05, 0.1) is 30.9 Å². The number of hydrogen-bond acceptors (Lipinski definition) is 6. The van der Waals surface area contributed by atoms with Gasteiger partial charge in [-0.2, -0.15) is 0 Å². The van der Waals surface area contributed by atoms with E-state index in [4.69, 9.17) is 20.6 Å². The van der Waals surface area contributed by atoms with E-state index in [-0.39, 0.29) is 12.4 Å². The third kappa shape index (κ3) is 3.81. The monoisotopic (exact) mass is 507 g/mol. The quantitative estimate of drug-likeness (QED) is 0.454. The van der Waals surface area contributed by atoms with Crippen LogP contribution in [0.25, 0.3) is 5.70 Å². The average Bonchev–Trinajstić information content (AvgIpc) is 3.09. The summed E-state index contributed by atoms with van der Waals surface area (Å²) in [5, 5.41) is 3.27. The molecule has 1 aliphatic heterocycles. The Hall–Kier alpha value is -3.50. The summed E-state index contributed by atoms with van der Waals surface area (Å²) in [6.07, 6.45) is 5.35. The lowest BCUT2D eigenvalue weighted by atomic mass is 9.79. The SMILES string of the molecule is C#CCOc1cc(Br)c([C@@H]2C(C(=O)OC)=C(C)NC3=C2C(=O)c2ccccc23)cc1OCC. The Morgan fingerprint density at radius 2 is 1.88 bits per heavy atom. The molecule has 0 aromatic heterocycles. The first-order chi connectivity index (χ1) is 15.9. The first-order valence-electron chi connectivity index (χ1n) is 10.4. The van der Waals surface area contributed by atoms with Gasteiger partial charge < -0.3 is 19.5 Å². The van der Waals surface area contributed by atoms with Gasteiger partial charge in [-0.3, -0.25) is 4.79 Å². The summed E-state index contributed by atoms with van der Waals surface area (Å²) < 4.78 is 17.2. The molecule has 0 bridgehead atoms. The highest BCUT2D eigenvalue weighted by Gasteiger charge is 2.43. The molecule has 6 nitrogen and oxygen atoms in total. The highest BCUT2D eigenvalue weighted by atomic mass is 79.9. The fraction of sp³-hybridized carbons (Fsp3) is 0.231. The Balaban J connectivity index is 1.95. The van der Waals surface area contributed by atoms with Gasteiger partial charge >= 0.3 is 5.97 Å². The van der Waals surface area contributed by atoms with E-state index in [1.165, 1.54) is 7.11 Å². The molecule has 1 N–H and O–H groups in total. The molecule has 0 radical (unpaired) electrons. The molecule has 2 aromatic carbocycles. The Morgan fingerprint density at radius 1 is 1.18 bits per heavy atom. The van der Waals surface area contributed by atoms with E-state index in [1.807, 2.05) is 25.1 Å². The molecule has 4 rings (SSSR count). The Morgan fingerprint density at radius 3 is 2.55 bits per heavy atom. The third-order valence-corrected chi connectivity index (χ3v) is 6.33. The number of Topliss-reactive ketones (excluding diaryl/α,β-unsaturated/α-hetero) is 1. The number of esters is 1. The highest BCUT2D eigenvalue weighted by Crippen LogP contribution is 2.50. The van der Waals surface area contributed by atoms with Crippen molar-refractivity contribution in [2.24, 2.45) is 0 Å². The van der Waals surface area contributed by atoms with Crippen LogP contribution in [0, 0.1) is 12.3 Å². The lowest BCUT2D eigenvalue weighted by Gasteiger charge is -2.30. The normalized spacial score (nSPS) is 16.6. The Kier molecular flexibility index (Phi) is 6.30. The number of rotatable bonds is 6. The van der Waals surface area contributed by atoms with Gasteiger partial charge in [-0.05, 0) is 31.5 Å². The first kappa shape index (κ1) is 22.7. The van der Waals surface area contributed by atoms with Crippen molar-refractivity contribution >= 4 is 33.4 Å². The topological polar surface area (TPSA) is 73.9 Å². The number of fused-ring (bicyclic) bond motifs is 2. The minimum Gasteiger partial charge on any atom is -0.490 e. The Bertz CT molecular complexity index is 1270. The average molecular weight is 508 g/mol. The molecule has 0 saturated carbocycles. The van der Waals surface area contributed by atoms with E-state index < -0.39 is 11.9 Å². The summed E-state index contributed by atoms with van der Waals surface area (Å²) >= 11 is 3.61. The summed E-state index contributed by atoms with van der Waals surface area (Å²) in [6, 6.07) is 10.9. The van der Waals surface area contributed by atoms with Crippen LogP contribution in [-0.4, -0.2) is 32.1 Å². The summed E-state index contributed by atoms with van der Waals surface area (Å²) in [4.78, 5) is 26.5. The number of ether oxygens (including phenoxy) is 3. The molecule has 168 valence electrons. The smallest absolute Gasteiger partial charge is 0.336 e. The molecule has 2 aromatic rings. The maximum Gasteiger partial charge on any atom is 0.336 e. The van der Waals surface area contributed by atoms with E-state index in [9.17, 15) is 9.59 Å². The number of nitrogens with one attached hydrogen (secondary N) is 1. The fourth-order valence-electron chi connectivity index (χ4n) is 4.29. The van der Waals surface area contributed by atoms with E-state index in [1.54, 1.807) is 25.1 Å². The van der Waals surface area contributed by atoms with Gasteiger partial charge in [-0.15, -0.1) is 6.42 Å². The van der Waals surface area contributed by atoms with E-state index in [2.05, 4.69) is 27.2 Å². The molecule has 1 aliphatic carbocycles. The van der Waals surface area contributed by atoms with E-state index in [0.29, 0.717) is 56.2 Å². The van der Waals surface area contributed by atoms with Crippen LogP contribution in [0.1, 0.15) is 41.3 Å². The number of ketones is 1. The maximum atomic E-state index is 13.5. The molecular weight excluding hydrogens is 486 g/mol. The van der Waals surface area contributed by atoms with Crippen molar-refractivity contribution in [2.45, 2.75) is 19.8 Å². The van der Waals surface area contributed by atoms with Crippen LogP contribution in [0.15, 0.2) is 57.7 Å². The predicted molar refractivity (Wildman–Crippen MR) is 128 cm³/mol. The van der Waals surface area contributed by atoms with Crippen LogP contribution in [0.5, 0.6) is 11.5 Å². The molecule has 33 heavy (non-hydrogen) atoms. The predicted octanol–water partition coefficient (Wildman–Crippen LogP) is 4.60. The number of hydrogen-bond donors (Lipinski definition) is 1. The number of carbonyl (C=O) groups is 2. The molecule has 0 amide bonds. The van der Waals surface area contributed by atoms with Gasteiger partial charge in [0, 0.05) is 26.9 Å². The number of dihydropyridines is 1. The number of halogens is 1. The van der Waals surface area contributed by atoms with E-state index >= 15 is 0 Å². The number of methoxy groups -OCH3 is 1. The second kappa shape index (κ2) is 9.16. The van der Waals surface area contributed by atoms with Crippen LogP contribution in [0.4, 0.5) is 0 Å². The van der Waals surface area contributed by atoms with E-state index in [0.717, 1.165) is 5.56 Å². The summed E-state index contributed by atoms with van der Waals surface area (Å²) in [5.74, 6) is 2.05. The fourth-order valence-corrected chi connectivity index (χ4v) is 4.84. The minimum atomic E-state index is -0.677. The number of terminal acetylenes is 1. The van der Waals surface area contributed by atoms with Crippen molar-refractivity contribution < 1.29 is 23.8 Å². The number of allylic oxidation sites excluding steroid dienone is 2. The zero-order valence-corrected chi connectivity index (χ0v) is 20.0. The van der Waals surface area contributed by atoms with Crippen molar-refractivity contribution in [2.75, 3.05) is 20.3 Å². The van der Waals surface area contributed by atoms with Gasteiger partial charge in [0.15, 0.2) is 17.3 Å². The molecule has 2 aliphatic rings. The summed E-state index contributed by atoms with van der Waals surface area (Å²) in [6.45, 7) is 4.14. The van der Waals surface area contributed by atoms with Crippen molar-refractivity contribution in [3.05, 3.63) is 74.4 Å². The molecule has 0 saturated heterocycles.